The van der Waals surface area contributed by atoms with Gasteiger partial charge in [0.1, 0.15) is 0 Å². The lowest BCUT2D eigenvalue weighted by atomic mass is 9.92. The number of nitrogens with one attached hydrogen (secondary N) is 1. The van der Waals surface area contributed by atoms with Crippen molar-refractivity contribution in [2.45, 2.75) is 44.1 Å². The van der Waals surface area contributed by atoms with Gasteiger partial charge in [0.05, 0.1) is 0 Å². The first-order valence-corrected chi connectivity index (χ1v) is 6.18. The van der Waals surface area contributed by atoms with E-state index in [-0.39, 0.29) is 0 Å². The molecule has 80 valence electrons. The topological polar surface area (TPSA) is 12.0 Å². The first kappa shape index (κ1) is 9.41. The van der Waals surface area contributed by atoms with Gasteiger partial charge < -0.3 is 5.32 Å². The Hall–Kier alpha value is -0.820. The Bertz CT molecular complexity index is 337. The molecular weight excluding hydrogens is 182 g/mol. The summed E-state index contributed by atoms with van der Waals surface area (Å²) in [4.78, 5) is 0. The van der Waals surface area contributed by atoms with Crippen LogP contribution in [0.25, 0.3) is 0 Å². The summed E-state index contributed by atoms with van der Waals surface area (Å²) in [5.74, 6) is 1.62. The third kappa shape index (κ3) is 1.81. The minimum absolute atomic E-state index is 0.650. The van der Waals surface area contributed by atoms with E-state index in [0.717, 1.165) is 11.8 Å². The fraction of sp³-hybridized carbons (Fsp3) is 0.571. The smallest absolute Gasteiger partial charge is 0.0108 e. The predicted octanol–water partition coefficient (Wildman–Crippen LogP) is 3.03. The van der Waals surface area contributed by atoms with E-state index >= 15 is 0 Å². The highest BCUT2D eigenvalue weighted by molar-refractivity contribution is 5.31. The minimum Gasteiger partial charge on any atom is -0.314 e. The van der Waals surface area contributed by atoms with Crippen molar-refractivity contribution in [1.82, 2.24) is 5.32 Å². The second kappa shape index (κ2) is 3.64. The maximum absolute atomic E-state index is 3.52. The first-order valence-electron chi connectivity index (χ1n) is 6.18. The molecule has 1 saturated carbocycles. The van der Waals surface area contributed by atoms with Crippen molar-refractivity contribution in [3.05, 3.63) is 35.4 Å². The van der Waals surface area contributed by atoms with Crippen LogP contribution in [-0.2, 0) is 0 Å². The number of hydrogen-bond donors (Lipinski definition) is 1. The Morgan fingerprint density at radius 3 is 2.20 bits per heavy atom. The number of benzene rings is 1. The third-order valence-electron chi connectivity index (χ3n) is 3.94. The van der Waals surface area contributed by atoms with Crippen LogP contribution in [0.2, 0.25) is 0 Å². The molecule has 15 heavy (non-hydrogen) atoms. The molecule has 0 bridgehead atoms. The lowest BCUT2D eigenvalue weighted by Crippen LogP contribution is -2.21. The summed E-state index contributed by atoms with van der Waals surface area (Å²) >= 11 is 0. The van der Waals surface area contributed by atoms with Gasteiger partial charge in [-0.25, -0.2) is 0 Å². The van der Waals surface area contributed by atoms with Crippen LogP contribution in [-0.4, -0.2) is 12.6 Å². The molecule has 0 spiro atoms. The second-order valence-corrected chi connectivity index (χ2v) is 5.08. The molecule has 1 nitrogen and oxygen atoms in total. The summed E-state index contributed by atoms with van der Waals surface area (Å²) in [5.41, 5.74) is 3.08. The highest BCUT2D eigenvalue weighted by Gasteiger charge is 2.26. The van der Waals surface area contributed by atoms with Crippen molar-refractivity contribution >= 4 is 0 Å². The van der Waals surface area contributed by atoms with Gasteiger partial charge in [-0.05, 0) is 49.8 Å². The molecule has 1 N–H and O–H groups in total. The highest BCUT2D eigenvalue weighted by Crippen LogP contribution is 2.40. The van der Waals surface area contributed by atoms with E-state index in [4.69, 9.17) is 0 Å². The Morgan fingerprint density at radius 1 is 1.00 bits per heavy atom. The summed E-state index contributed by atoms with van der Waals surface area (Å²) in [6.07, 6.45) is 4.10. The zero-order valence-electron chi connectivity index (χ0n) is 9.37. The van der Waals surface area contributed by atoms with Crippen LogP contribution in [0, 0.1) is 0 Å². The molecule has 1 aliphatic heterocycles. The Morgan fingerprint density at radius 2 is 1.67 bits per heavy atom. The molecule has 3 rings (SSSR count). The molecule has 1 aliphatic carbocycles. The molecule has 1 heteroatoms. The zero-order chi connectivity index (χ0) is 10.3. The van der Waals surface area contributed by atoms with Crippen LogP contribution in [0.5, 0.6) is 0 Å². The molecule has 2 fully saturated rings. The Balaban J connectivity index is 1.79. The van der Waals surface area contributed by atoms with Crippen molar-refractivity contribution in [2.24, 2.45) is 0 Å². The Kier molecular flexibility index (Phi) is 2.28. The number of hydrogen-bond acceptors (Lipinski definition) is 1. The van der Waals surface area contributed by atoms with Gasteiger partial charge in [-0.3, -0.25) is 0 Å². The third-order valence-corrected chi connectivity index (χ3v) is 3.94. The second-order valence-electron chi connectivity index (χ2n) is 5.08. The van der Waals surface area contributed by atoms with Gasteiger partial charge >= 0.3 is 0 Å². The van der Waals surface area contributed by atoms with Gasteiger partial charge in [0.25, 0.3) is 0 Å². The average Bonchev–Trinajstić information content (AvgIpc) is 3.02. The molecule has 2 aliphatic rings. The normalized spacial score (nSPS) is 30.7. The van der Waals surface area contributed by atoms with Crippen LogP contribution < -0.4 is 5.32 Å². The van der Waals surface area contributed by atoms with Gasteiger partial charge in [-0.15, -0.1) is 0 Å². The van der Waals surface area contributed by atoms with Crippen molar-refractivity contribution in [3.63, 3.8) is 0 Å². The summed E-state index contributed by atoms with van der Waals surface area (Å²) in [7, 11) is 0. The molecule has 1 heterocycles. The summed E-state index contributed by atoms with van der Waals surface area (Å²) in [6, 6.07) is 10.0. The van der Waals surface area contributed by atoms with Crippen LogP contribution in [0.4, 0.5) is 0 Å². The molecule has 1 aromatic carbocycles. The average molecular weight is 201 g/mol. The molecule has 2 atom stereocenters. The SMILES string of the molecule is CC1NCCC1c1ccc(C2CC2)cc1. The maximum atomic E-state index is 3.52. The molecular formula is C14H19N. The van der Waals surface area contributed by atoms with E-state index in [1.54, 1.807) is 5.56 Å². The van der Waals surface area contributed by atoms with Gasteiger partial charge in [0.15, 0.2) is 0 Å². The van der Waals surface area contributed by atoms with E-state index < -0.39 is 0 Å². The van der Waals surface area contributed by atoms with Crippen molar-refractivity contribution in [3.8, 4) is 0 Å². The molecule has 2 unspecified atom stereocenters. The van der Waals surface area contributed by atoms with Crippen molar-refractivity contribution in [2.75, 3.05) is 6.54 Å². The molecule has 0 amide bonds. The summed E-state index contributed by atoms with van der Waals surface area (Å²) < 4.78 is 0. The van der Waals surface area contributed by atoms with Crippen LogP contribution in [0.3, 0.4) is 0 Å². The van der Waals surface area contributed by atoms with Gasteiger partial charge in [0.2, 0.25) is 0 Å². The van der Waals surface area contributed by atoms with E-state index in [1.165, 1.54) is 31.4 Å². The standard InChI is InChI=1S/C14H19N/c1-10-14(8-9-15-10)13-6-4-12(5-7-13)11-2-3-11/h4-7,10-11,14-15H,2-3,8-9H2,1H3. The van der Waals surface area contributed by atoms with Crippen LogP contribution in [0.1, 0.15) is 49.1 Å². The molecule has 0 radical (unpaired) electrons. The quantitative estimate of drug-likeness (QED) is 0.775. The zero-order valence-corrected chi connectivity index (χ0v) is 9.37. The van der Waals surface area contributed by atoms with Crippen molar-refractivity contribution in [1.29, 1.82) is 0 Å². The van der Waals surface area contributed by atoms with Crippen molar-refractivity contribution < 1.29 is 0 Å². The first-order chi connectivity index (χ1) is 7.34. The van der Waals surface area contributed by atoms with Gasteiger partial charge in [-0.2, -0.15) is 0 Å². The van der Waals surface area contributed by atoms with Gasteiger partial charge in [0, 0.05) is 12.0 Å². The maximum Gasteiger partial charge on any atom is 0.0108 e. The van der Waals surface area contributed by atoms with Crippen LogP contribution in [0.15, 0.2) is 24.3 Å². The predicted molar refractivity (Wildman–Crippen MR) is 63.2 cm³/mol. The summed E-state index contributed by atoms with van der Waals surface area (Å²) in [5, 5.41) is 3.52. The van der Waals surface area contributed by atoms with E-state index in [0.29, 0.717) is 6.04 Å². The lowest BCUT2D eigenvalue weighted by molar-refractivity contribution is 0.594. The fourth-order valence-corrected chi connectivity index (χ4v) is 2.75. The number of rotatable bonds is 2. The fourth-order valence-electron chi connectivity index (χ4n) is 2.75. The minimum atomic E-state index is 0.650. The highest BCUT2D eigenvalue weighted by atomic mass is 14.9. The molecule has 0 aromatic heterocycles. The van der Waals surface area contributed by atoms with Crippen LogP contribution >= 0.6 is 0 Å². The van der Waals surface area contributed by atoms with E-state index in [1.807, 2.05) is 0 Å². The largest absolute Gasteiger partial charge is 0.314 e. The lowest BCUT2D eigenvalue weighted by Gasteiger charge is -2.15. The van der Waals surface area contributed by atoms with E-state index in [2.05, 4.69) is 36.5 Å². The molecule has 1 saturated heterocycles. The van der Waals surface area contributed by atoms with E-state index in [9.17, 15) is 0 Å². The molecule has 1 aromatic rings. The monoisotopic (exact) mass is 201 g/mol. The van der Waals surface area contributed by atoms with Gasteiger partial charge in [-0.1, -0.05) is 24.3 Å². The summed E-state index contributed by atoms with van der Waals surface area (Å²) in [6.45, 7) is 3.47. The Labute approximate surface area is 91.9 Å².